The third kappa shape index (κ3) is 3.54. The molecule has 1 saturated heterocycles. The molecular weight excluding hydrogens is 396 g/mol. The van der Waals surface area contributed by atoms with Crippen molar-refractivity contribution in [3.8, 4) is 0 Å². The molecule has 0 bridgehead atoms. The van der Waals surface area contributed by atoms with Crippen LogP contribution < -0.4 is 5.32 Å². The lowest BCUT2D eigenvalue weighted by Crippen LogP contribution is -2.43. The van der Waals surface area contributed by atoms with Gasteiger partial charge in [0.2, 0.25) is 0 Å². The first-order valence-electron chi connectivity index (χ1n) is 10.5. The molecular formula is C23H26N4S2. The Bertz CT molecular complexity index is 1130. The Labute approximate surface area is 179 Å². The van der Waals surface area contributed by atoms with Crippen LogP contribution in [-0.4, -0.2) is 34.0 Å². The Hall–Kier alpha value is -2.02. The Morgan fingerprint density at radius 2 is 2.10 bits per heavy atom. The van der Waals surface area contributed by atoms with Crippen molar-refractivity contribution in [1.29, 1.82) is 0 Å². The van der Waals surface area contributed by atoms with Crippen LogP contribution >= 0.6 is 22.7 Å². The molecule has 1 fully saturated rings. The van der Waals surface area contributed by atoms with Gasteiger partial charge < -0.3 is 10.2 Å². The fourth-order valence-corrected chi connectivity index (χ4v) is 6.61. The molecule has 0 unspecified atom stereocenters. The van der Waals surface area contributed by atoms with E-state index in [0.717, 1.165) is 28.3 Å². The molecule has 0 spiro atoms. The number of fused-ring (bicyclic) bond motifs is 2. The number of thiazole rings is 1. The van der Waals surface area contributed by atoms with Gasteiger partial charge >= 0.3 is 0 Å². The Morgan fingerprint density at radius 1 is 1.17 bits per heavy atom. The van der Waals surface area contributed by atoms with E-state index in [1.165, 1.54) is 40.8 Å². The molecule has 29 heavy (non-hydrogen) atoms. The third-order valence-corrected chi connectivity index (χ3v) is 8.13. The van der Waals surface area contributed by atoms with E-state index < -0.39 is 0 Å². The Morgan fingerprint density at radius 3 is 2.97 bits per heavy atom. The molecule has 0 radical (unpaired) electrons. The van der Waals surface area contributed by atoms with Crippen molar-refractivity contribution in [2.75, 3.05) is 18.4 Å². The van der Waals surface area contributed by atoms with E-state index >= 15 is 0 Å². The number of piperidine rings is 1. The molecule has 4 nitrogen and oxygen atoms in total. The fraction of sp³-hybridized carbons (Fsp3) is 0.391. The highest BCUT2D eigenvalue weighted by molar-refractivity contribution is 7.18. The number of aromatic nitrogens is 2. The summed E-state index contributed by atoms with van der Waals surface area (Å²) in [5, 5.41) is 4.84. The van der Waals surface area contributed by atoms with Gasteiger partial charge in [-0.3, -0.25) is 0 Å². The highest BCUT2D eigenvalue weighted by atomic mass is 32.1. The van der Waals surface area contributed by atoms with Crippen LogP contribution in [0.2, 0.25) is 0 Å². The number of thiophene rings is 1. The number of nitrogens with zero attached hydrogens (tertiary/aromatic N) is 3. The van der Waals surface area contributed by atoms with E-state index in [2.05, 4.69) is 64.4 Å². The predicted molar refractivity (Wildman–Crippen MR) is 126 cm³/mol. The zero-order valence-electron chi connectivity index (χ0n) is 16.9. The van der Waals surface area contributed by atoms with Gasteiger partial charge in [-0.2, -0.15) is 0 Å². The topological polar surface area (TPSA) is 41.1 Å². The van der Waals surface area contributed by atoms with Crippen molar-refractivity contribution < 1.29 is 0 Å². The lowest BCUT2D eigenvalue weighted by Gasteiger charge is -2.40. The number of nitrogens with one attached hydrogen (secondary N) is 1. The highest BCUT2D eigenvalue weighted by Gasteiger charge is 2.31. The summed E-state index contributed by atoms with van der Waals surface area (Å²) in [6.45, 7) is 7.00. The second-order valence-corrected chi connectivity index (χ2v) is 9.69. The number of hydrogen-bond acceptors (Lipinski definition) is 6. The quantitative estimate of drug-likeness (QED) is 0.392. The van der Waals surface area contributed by atoms with Crippen molar-refractivity contribution in [2.45, 2.75) is 45.1 Å². The van der Waals surface area contributed by atoms with E-state index in [-0.39, 0.29) is 0 Å². The van der Waals surface area contributed by atoms with Crippen LogP contribution in [0.25, 0.3) is 20.4 Å². The van der Waals surface area contributed by atoms with Crippen molar-refractivity contribution in [2.24, 2.45) is 0 Å². The zero-order chi connectivity index (χ0) is 19.8. The maximum Gasteiger partial charge on any atom is 0.125 e. The zero-order valence-corrected chi connectivity index (χ0v) is 18.5. The lowest BCUT2D eigenvalue weighted by atomic mass is 9.86. The molecule has 1 N–H and O–H groups in total. The minimum Gasteiger partial charge on any atom is -0.355 e. The number of likely N-dealkylation sites (tertiary alicyclic amines) is 1. The molecule has 1 aliphatic heterocycles. The van der Waals surface area contributed by atoms with Crippen LogP contribution in [0.1, 0.15) is 43.9 Å². The second kappa shape index (κ2) is 8.01. The number of benzene rings is 1. The highest BCUT2D eigenvalue weighted by Crippen LogP contribution is 2.41. The fourth-order valence-electron chi connectivity index (χ4n) is 4.74. The van der Waals surface area contributed by atoms with Crippen LogP contribution in [0.3, 0.4) is 0 Å². The van der Waals surface area contributed by atoms with Gasteiger partial charge in [-0.25, -0.2) is 9.97 Å². The smallest absolute Gasteiger partial charge is 0.125 e. The number of hydrogen-bond donors (Lipinski definition) is 1. The molecule has 0 aliphatic carbocycles. The molecule has 1 aromatic carbocycles. The summed E-state index contributed by atoms with van der Waals surface area (Å²) < 4.78 is 1.22. The van der Waals surface area contributed by atoms with Crippen LogP contribution in [0, 0.1) is 0 Å². The van der Waals surface area contributed by atoms with Gasteiger partial charge in [0.15, 0.2) is 0 Å². The van der Waals surface area contributed by atoms with Gasteiger partial charge in [-0.15, -0.1) is 22.7 Å². The van der Waals surface area contributed by atoms with Gasteiger partial charge in [0.25, 0.3) is 0 Å². The summed E-state index contributed by atoms with van der Waals surface area (Å²) in [5.74, 6) is 0.618. The maximum absolute atomic E-state index is 4.68. The normalized spacial score (nSPS) is 20.5. The van der Waals surface area contributed by atoms with Crippen molar-refractivity contribution in [3.05, 3.63) is 46.9 Å². The summed E-state index contributed by atoms with van der Waals surface area (Å²) in [4.78, 5) is 14.4. The lowest BCUT2D eigenvalue weighted by molar-refractivity contribution is 0.131. The molecule has 2 atom stereocenters. The molecule has 1 aliphatic rings. The van der Waals surface area contributed by atoms with Gasteiger partial charge in [-0.1, -0.05) is 13.8 Å². The monoisotopic (exact) mass is 422 g/mol. The third-order valence-electron chi connectivity index (χ3n) is 6.15. The average Bonchev–Trinajstić information content (AvgIpc) is 3.40. The number of rotatable bonds is 5. The van der Waals surface area contributed by atoms with Crippen LogP contribution in [0.5, 0.6) is 0 Å². The second-order valence-electron chi connectivity index (χ2n) is 7.74. The first-order valence-corrected chi connectivity index (χ1v) is 12.2. The van der Waals surface area contributed by atoms with E-state index in [1.807, 2.05) is 23.0 Å². The first kappa shape index (κ1) is 19.0. The molecule has 150 valence electrons. The Kier molecular flexibility index (Phi) is 5.24. The molecule has 5 rings (SSSR count). The Balaban J connectivity index is 1.49. The van der Waals surface area contributed by atoms with E-state index in [4.69, 9.17) is 0 Å². The molecule has 0 amide bonds. The van der Waals surface area contributed by atoms with Gasteiger partial charge in [-0.05, 0) is 62.7 Å². The summed E-state index contributed by atoms with van der Waals surface area (Å²) in [5.41, 5.74) is 5.15. The summed E-state index contributed by atoms with van der Waals surface area (Å²) in [6, 6.07) is 11.5. The standard InChI is InChI=1S/C23H26N4S2/c1-3-20-16(6-5-11-27(20)4-2)22-13-17-18(9-10-24-23(17)29-22)26-15-7-8-21-19(12-15)25-14-28-21/h7-10,12-14,16,20H,3-6,11H2,1-2H3,(H,24,26)/t16-,20+/m1/s1. The predicted octanol–water partition coefficient (Wildman–Crippen LogP) is 6.63. The molecule has 0 saturated carbocycles. The number of pyridine rings is 1. The van der Waals surface area contributed by atoms with Crippen molar-refractivity contribution >= 4 is 54.5 Å². The van der Waals surface area contributed by atoms with Gasteiger partial charge in [0.05, 0.1) is 21.4 Å². The van der Waals surface area contributed by atoms with Crippen molar-refractivity contribution in [3.63, 3.8) is 0 Å². The van der Waals surface area contributed by atoms with Crippen molar-refractivity contribution in [1.82, 2.24) is 14.9 Å². The summed E-state index contributed by atoms with van der Waals surface area (Å²) in [6.07, 6.45) is 5.70. The van der Waals surface area contributed by atoms with E-state index in [9.17, 15) is 0 Å². The van der Waals surface area contributed by atoms with E-state index in [0.29, 0.717) is 12.0 Å². The van der Waals surface area contributed by atoms with Crippen LogP contribution in [-0.2, 0) is 0 Å². The molecule has 4 heterocycles. The number of likely N-dealkylation sites (N-methyl/N-ethyl adjacent to an activating group) is 1. The van der Waals surface area contributed by atoms with Crippen LogP contribution in [0.4, 0.5) is 11.4 Å². The van der Waals surface area contributed by atoms with Crippen LogP contribution in [0.15, 0.2) is 42.0 Å². The minimum atomic E-state index is 0.618. The van der Waals surface area contributed by atoms with Gasteiger partial charge in [0.1, 0.15) is 4.83 Å². The molecule has 4 aromatic rings. The minimum absolute atomic E-state index is 0.618. The average molecular weight is 423 g/mol. The van der Waals surface area contributed by atoms with E-state index in [1.54, 1.807) is 11.3 Å². The summed E-state index contributed by atoms with van der Waals surface area (Å²) >= 11 is 3.55. The number of anilines is 2. The summed E-state index contributed by atoms with van der Waals surface area (Å²) in [7, 11) is 0. The maximum atomic E-state index is 4.68. The largest absolute Gasteiger partial charge is 0.355 e. The molecule has 3 aromatic heterocycles. The van der Waals surface area contributed by atoms with Gasteiger partial charge in [0, 0.05) is 34.1 Å². The SMILES string of the molecule is CC[C@H]1[C@H](c2cc3c(Nc4ccc5scnc5c4)ccnc3s2)CCCN1CC. The molecule has 6 heteroatoms. The first-order chi connectivity index (χ1) is 14.3.